The van der Waals surface area contributed by atoms with Gasteiger partial charge in [0.1, 0.15) is 6.54 Å². The van der Waals surface area contributed by atoms with E-state index in [4.69, 9.17) is 4.74 Å². The molecule has 0 aliphatic heterocycles. The number of carbonyl (C=O) groups excluding carboxylic acids is 2. The van der Waals surface area contributed by atoms with Gasteiger partial charge in [-0.2, -0.15) is 0 Å². The molecule has 0 unspecified atom stereocenters. The van der Waals surface area contributed by atoms with Crippen LogP contribution in [-0.4, -0.2) is 29.1 Å². The Hall–Kier alpha value is -2.11. The Labute approximate surface area is 129 Å². The molecule has 0 radical (unpaired) electrons. The summed E-state index contributed by atoms with van der Waals surface area (Å²) in [5, 5.41) is 2.91. The molecule has 1 fully saturated rings. The fourth-order valence-corrected chi connectivity index (χ4v) is 2.70. The second-order valence-electron chi connectivity index (χ2n) is 5.76. The highest BCUT2D eigenvalue weighted by molar-refractivity contribution is 5.80. The zero-order valence-electron chi connectivity index (χ0n) is 12.8. The van der Waals surface area contributed by atoms with Crippen molar-refractivity contribution >= 4 is 11.9 Å². The summed E-state index contributed by atoms with van der Waals surface area (Å²) in [6, 6.07) is 4.79. The number of hydrogen-bond donors (Lipinski definition) is 1. The molecule has 1 aliphatic carbocycles. The van der Waals surface area contributed by atoms with Crippen LogP contribution in [0.3, 0.4) is 0 Å². The summed E-state index contributed by atoms with van der Waals surface area (Å²) in [4.78, 5) is 35.0. The van der Waals surface area contributed by atoms with Gasteiger partial charge in [0.2, 0.25) is 0 Å². The first-order valence-electron chi connectivity index (χ1n) is 7.66. The molecule has 6 heteroatoms. The van der Waals surface area contributed by atoms with Crippen LogP contribution in [0.25, 0.3) is 0 Å². The Morgan fingerprint density at radius 2 is 2.09 bits per heavy atom. The highest BCUT2D eigenvalue weighted by Crippen LogP contribution is 2.23. The van der Waals surface area contributed by atoms with E-state index in [0.717, 1.165) is 19.3 Å². The van der Waals surface area contributed by atoms with Gasteiger partial charge in [-0.3, -0.25) is 14.4 Å². The van der Waals surface area contributed by atoms with E-state index in [0.29, 0.717) is 5.92 Å². The van der Waals surface area contributed by atoms with Crippen molar-refractivity contribution in [1.82, 2.24) is 9.88 Å². The molecule has 1 heterocycles. The van der Waals surface area contributed by atoms with E-state index in [1.807, 2.05) is 0 Å². The summed E-state index contributed by atoms with van der Waals surface area (Å²) in [6.07, 6.45) is 5.91. The zero-order chi connectivity index (χ0) is 15.9. The molecule has 0 saturated heterocycles. The first-order chi connectivity index (χ1) is 10.6. The lowest BCUT2D eigenvalue weighted by Crippen LogP contribution is -2.43. The third-order valence-corrected chi connectivity index (χ3v) is 4.02. The number of pyridine rings is 1. The number of aromatic nitrogens is 1. The number of amides is 1. The van der Waals surface area contributed by atoms with Gasteiger partial charge in [0.25, 0.3) is 11.5 Å². The van der Waals surface area contributed by atoms with Gasteiger partial charge in [-0.25, -0.2) is 0 Å². The van der Waals surface area contributed by atoms with Crippen molar-refractivity contribution in [2.45, 2.75) is 45.2 Å². The monoisotopic (exact) mass is 306 g/mol. The Morgan fingerprint density at radius 3 is 2.82 bits per heavy atom. The normalized spacial score (nSPS) is 21.1. The van der Waals surface area contributed by atoms with Gasteiger partial charge >= 0.3 is 5.97 Å². The molecule has 0 spiro atoms. The van der Waals surface area contributed by atoms with Gasteiger partial charge in [-0.05, 0) is 24.8 Å². The molecule has 1 N–H and O–H groups in total. The molecule has 1 aliphatic rings. The Bertz CT molecular complexity index is 582. The number of ether oxygens (including phenoxy) is 1. The maximum atomic E-state index is 11.8. The summed E-state index contributed by atoms with van der Waals surface area (Å²) < 4.78 is 6.17. The van der Waals surface area contributed by atoms with Crippen LogP contribution in [-0.2, 0) is 20.9 Å². The predicted molar refractivity (Wildman–Crippen MR) is 81.2 cm³/mol. The SMILES string of the molecule is C[C@H]1CCCC[C@@H]1NC(=O)COC(=O)Cn1ccccc1=O. The predicted octanol–water partition coefficient (Wildman–Crippen LogP) is 1.09. The summed E-state index contributed by atoms with van der Waals surface area (Å²) in [5.41, 5.74) is -0.278. The summed E-state index contributed by atoms with van der Waals surface area (Å²) in [6.45, 7) is 1.63. The van der Waals surface area contributed by atoms with E-state index in [9.17, 15) is 14.4 Å². The lowest BCUT2D eigenvalue weighted by molar-refractivity contribution is -0.149. The Kier molecular flexibility index (Phi) is 5.75. The fraction of sp³-hybridized carbons (Fsp3) is 0.562. The van der Waals surface area contributed by atoms with E-state index in [1.165, 1.54) is 23.3 Å². The highest BCUT2D eigenvalue weighted by atomic mass is 16.5. The summed E-state index contributed by atoms with van der Waals surface area (Å²) >= 11 is 0. The molecule has 1 amide bonds. The molecule has 22 heavy (non-hydrogen) atoms. The molecular formula is C16H22N2O4. The minimum Gasteiger partial charge on any atom is -0.454 e. The minimum atomic E-state index is -0.597. The molecular weight excluding hydrogens is 284 g/mol. The minimum absolute atomic E-state index is 0.164. The maximum Gasteiger partial charge on any atom is 0.326 e. The third kappa shape index (κ3) is 4.72. The number of carbonyl (C=O) groups is 2. The van der Waals surface area contributed by atoms with Crippen molar-refractivity contribution < 1.29 is 14.3 Å². The van der Waals surface area contributed by atoms with Crippen LogP contribution in [0, 0.1) is 5.92 Å². The molecule has 120 valence electrons. The van der Waals surface area contributed by atoms with E-state index in [2.05, 4.69) is 12.2 Å². The van der Waals surface area contributed by atoms with Crippen LogP contribution in [0.15, 0.2) is 29.2 Å². The molecule has 0 aromatic carbocycles. The maximum absolute atomic E-state index is 11.8. The van der Waals surface area contributed by atoms with Gasteiger partial charge in [-0.15, -0.1) is 0 Å². The largest absolute Gasteiger partial charge is 0.454 e. The third-order valence-electron chi connectivity index (χ3n) is 4.02. The molecule has 0 bridgehead atoms. The number of nitrogens with one attached hydrogen (secondary N) is 1. The molecule has 1 saturated carbocycles. The van der Waals surface area contributed by atoms with Crippen molar-refractivity contribution in [1.29, 1.82) is 0 Å². The number of hydrogen-bond acceptors (Lipinski definition) is 4. The van der Waals surface area contributed by atoms with Crippen LogP contribution in [0.5, 0.6) is 0 Å². The van der Waals surface area contributed by atoms with Gasteiger partial charge in [0.15, 0.2) is 6.61 Å². The van der Waals surface area contributed by atoms with Crippen molar-refractivity contribution in [3.63, 3.8) is 0 Å². The topological polar surface area (TPSA) is 77.4 Å². The first kappa shape index (κ1) is 16.3. The smallest absolute Gasteiger partial charge is 0.326 e. The summed E-state index contributed by atoms with van der Waals surface area (Å²) in [7, 11) is 0. The molecule has 2 atom stereocenters. The standard InChI is InChI=1S/C16H22N2O4/c1-12-6-2-3-7-13(12)17-14(19)11-22-16(21)10-18-9-5-4-8-15(18)20/h4-5,8-9,12-13H,2-3,6-7,10-11H2,1H3,(H,17,19)/t12-,13-/m0/s1. The van der Waals surface area contributed by atoms with Crippen LogP contribution in [0.1, 0.15) is 32.6 Å². The summed E-state index contributed by atoms with van der Waals surface area (Å²) in [5.74, 6) is -0.427. The average molecular weight is 306 g/mol. The lowest BCUT2D eigenvalue weighted by Gasteiger charge is -2.29. The second-order valence-corrected chi connectivity index (χ2v) is 5.76. The second kappa shape index (κ2) is 7.77. The van der Waals surface area contributed by atoms with E-state index in [-0.39, 0.29) is 30.7 Å². The van der Waals surface area contributed by atoms with Crippen molar-refractivity contribution in [2.24, 2.45) is 5.92 Å². The quantitative estimate of drug-likeness (QED) is 0.826. The van der Waals surface area contributed by atoms with Crippen LogP contribution in [0.2, 0.25) is 0 Å². The van der Waals surface area contributed by atoms with Gasteiger partial charge in [0.05, 0.1) is 0 Å². The Balaban J connectivity index is 1.75. The van der Waals surface area contributed by atoms with E-state index >= 15 is 0 Å². The van der Waals surface area contributed by atoms with Crippen molar-refractivity contribution in [3.05, 3.63) is 34.7 Å². The van der Waals surface area contributed by atoms with Crippen molar-refractivity contribution in [3.8, 4) is 0 Å². The van der Waals surface area contributed by atoms with Gasteiger partial charge in [-0.1, -0.05) is 25.8 Å². The number of nitrogens with zero attached hydrogens (tertiary/aromatic N) is 1. The molecule has 1 aromatic heterocycles. The van der Waals surface area contributed by atoms with Crippen molar-refractivity contribution in [2.75, 3.05) is 6.61 Å². The number of rotatable bonds is 5. The van der Waals surface area contributed by atoms with Crippen LogP contribution in [0.4, 0.5) is 0 Å². The number of esters is 1. The zero-order valence-corrected chi connectivity index (χ0v) is 12.8. The average Bonchev–Trinajstić information content (AvgIpc) is 2.50. The van der Waals surface area contributed by atoms with Crippen LogP contribution < -0.4 is 10.9 Å². The van der Waals surface area contributed by atoms with E-state index < -0.39 is 5.97 Å². The first-order valence-corrected chi connectivity index (χ1v) is 7.66. The fourth-order valence-electron chi connectivity index (χ4n) is 2.70. The molecule has 2 rings (SSSR count). The van der Waals surface area contributed by atoms with Crippen LogP contribution >= 0.6 is 0 Å². The van der Waals surface area contributed by atoms with Gasteiger partial charge < -0.3 is 14.6 Å². The molecule has 1 aromatic rings. The van der Waals surface area contributed by atoms with Gasteiger partial charge in [0, 0.05) is 18.3 Å². The lowest BCUT2D eigenvalue weighted by atomic mass is 9.86. The molecule has 6 nitrogen and oxygen atoms in total. The van der Waals surface area contributed by atoms with E-state index in [1.54, 1.807) is 12.1 Å². The Morgan fingerprint density at radius 1 is 1.32 bits per heavy atom. The highest BCUT2D eigenvalue weighted by Gasteiger charge is 2.23.